The van der Waals surface area contributed by atoms with Crippen LogP contribution in [0.25, 0.3) is 0 Å². The number of nitrogens with zero attached hydrogens (tertiary/aromatic N) is 6. The Morgan fingerprint density at radius 3 is 1.24 bits per heavy atom. The lowest BCUT2D eigenvalue weighted by molar-refractivity contribution is -0.118. The SMILES string of the molecule is N[C@@H](Cc1cnc[nH]1)C(=O)Nc1ccc(N=Nc2ccc(OCCCOc3ccc(N=Nc4ccc(NC(=O)[C@@H](N)Cc5cnc[nH]5)cc4)cc3)cc2)cc1. The lowest BCUT2D eigenvalue weighted by Gasteiger charge is -2.11. The van der Waals surface area contributed by atoms with Crippen LogP contribution in [0.1, 0.15) is 17.8 Å². The summed E-state index contributed by atoms with van der Waals surface area (Å²) in [5.41, 5.74) is 17.4. The van der Waals surface area contributed by atoms with Crippen molar-refractivity contribution in [3.63, 3.8) is 0 Å². The molecule has 2 aromatic heterocycles. The summed E-state index contributed by atoms with van der Waals surface area (Å²) in [6.45, 7) is 0.954. The van der Waals surface area contributed by atoms with Gasteiger partial charge in [0.15, 0.2) is 0 Å². The van der Waals surface area contributed by atoms with Crippen LogP contribution in [-0.2, 0) is 22.4 Å². The van der Waals surface area contributed by atoms with Crippen molar-refractivity contribution in [2.75, 3.05) is 23.8 Å². The predicted octanol–water partition coefficient (Wildman–Crippen LogP) is 6.83. The summed E-state index contributed by atoms with van der Waals surface area (Å²) >= 11 is 0. The molecular formula is C39H40N12O4. The van der Waals surface area contributed by atoms with Gasteiger partial charge in [-0.15, -0.1) is 0 Å². The summed E-state index contributed by atoms with van der Waals surface area (Å²) in [6.07, 6.45) is 7.79. The van der Waals surface area contributed by atoms with E-state index in [9.17, 15) is 9.59 Å². The highest BCUT2D eigenvalue weighted by molar-refractivity contribution is 5.95. The van der Waals surface area contributed by atoms with E-state index in [1.54, 1.807) is 73.6 Å². The molecule has 8 N–H and O–H groups in total. The fourth-order valence-electron chi connectivity index (χ4n) is 5.03. The largest absolute Gasteiger partial charge is 0.493 e. The van der Waals surface area contributed by atoms with Gasteiger partial charge in [-0.25, -0.2) is 9.97 Å². The lowest BCUT2D eigenvalue weighted by atomic mass is 10.1. The minimum absolute atomic E-state index is 0.291. The third-order valence-electron chi connectivity index (χ3n) is 7.99. The lowest BCUT2D eigenvalue weighted by Crippen LogP contribution is -2.37. The molecule has 55 heavy (non-hydrogen) atoms. The van der Waals surface area contributed by atoms with Gasteiger partial charge in [-0.3, -0.25) is 9.59 Å². The highest BCUT2D eigenvalue weighted by Crippen LogP contribution is 2.24. The number of carbonyl (C=O) groups is 2. The molecule has 0 saturated carbocycles. The third-order valence-corrected chi connectivity index (χ3v) is 7.99. The summed E-state index contributed by atoms with van der Waals surface area (Å²) in [6, 6.07) is 27.2. The van der Waals surface area contributed by atoms with Crippen LogP contribution in [0.5, 0.6) is 11.5 Å². The zero-order valence-corrected chi connectivity index (χ0v) is 29.7. The Morgan fingerprint density at radius 2 is 0.909 bits per heavy atom. The number of nitrogens with one attached hydrogen (secondary N) is 4. The first kappa shape index (κ1) is 37.7. The number of azo groups is 2. The maximum absolute atomic E-state index is 12.4. The van der Waals surface area contributed by atoms with Crippen molar-refractivity contribution < 1.29 is 19.1 Å². The molecule has 6 aromatic rings. The van der Waals surface area contributed by atoms with E-state index in [2.05, 4.69) is 51.0 Å². The van der Waals surface area contributed by atoms with E-state index in [1.807, 2.05) is 48.5 Å². The van der Waals surface area contributed by atoms with E-state index in [0.29, 0.717) is 78.1 Å². The molecule has 0 aliphatic rings. The number of H-pyrrole nitrogens is 2. The molecule has 0 aliphatic heterocycles. The highest BCUT2D eigenvalue weighted by atomic mass is 16.5. The van der Waals surface area contributed by atoms with Crippen LogP contribution in [0.2, 0.25) is 0 Å². The Hall–Kier alpha value is -7.04. The number of anilines is 2. The van der Waals surface area contributed by atoms with E-state index < -0.39 is 12.1 Å². The third kappa shape index (κ3) is 12.0. The molecular weight excluding hydrogens is 701 g/mol. The number of hydrogen-bond acceptors (Lipinski definition) is 12. The molecule has 0 saturated heterocycles. The summed E-state index contributed by atoms with van der Waals surface area (Å²) in [5, 5.41) is 22.7. The molecule has 280 valence electrons. The first-order chi connectivity index (χ1) is 26.9. The summed E-state index contributed by atoms with van der Waals surface area (Å²) < 4.78 is 11.7. The summed E-state index contributed by atoms with van der Waals surface area (Å²) in [4.78, 5) is 38.5. The zero-order valence-electron chi connectivity index (χ0n) is 29.7. The van der Waals surface area contributed by atoms with Gasteiger partial charge >= 0.3 is 0 Å². The van der Waals surface area contributed by atoms with Gasteiger partial charge in [0, 0.05) is 54.4 Å². The minimum atomic E-state index is -0.705. The number of carbonyl (C=O) groups excluding carboxylic acids is 2. The van der Waals surface area contributed by atoms with Crippen LogP contribution in [0, 0.1) is 0 Å². The van der Waals surface area contributed by atoms with Gasteiger partial charge in [-0.1, -0.05) is 0 Å². The minimum Gasteiger partial charge on any atom is -0.493 e. The van der Waals surface area contributed by atoms with Crippen LogP contribution in [0.3, 0.4) is 0 Å². The molecule has 4 aromatic carbocycles. The van der Waals surface area contributed by atoms with Crippen molar-refractivity contribution >= 4 is 45.9 Å². The smallest absolute Gasteiger partial charge is 0.241 e. The topological polar surface area (TPSA) is 235 Å². The molecule has 2 heterocycles. The standard InChI is InChI=1S/C39H40N12O4/c40-36(20-32-22-42-24-44-32)38(52)46-26-2-6-28(7-3-26)48-50-30-10-14-34(15-11-30)54-18-1-19-55-35-16-12-31(13-17-35)51-49-29-8-4-27(5-9-29)47-39(53)37(41)21-33-23-43-25-45-33/h2-17,22-25,36-37H,1,18-21,40-41H2,(H,42,44)(H,43,45)(H,46,52)(H,47,53)/t36-,37-/m0/s1. The Balaban J connectivity index is 0.855. The van der Waals surface area contributed by atoms with E-state index in [0.717, 1.165) is 11.4 Å². The fourth-order valence-corrected chi connectivity index (χ4v) is 5.03. The molecule has 0 spiro atoms. The van der Waals surface area contributed by atoms with E-state index in [4.69, 9.17) is 20.9 Å². The van der Waals surface area contributed by atoms with Crippen molar-refractivity contribution in [2.24, 2.45) is 31.9 Å². The van der Waals surface area contributed by atoms with Gasteiger partial charge in [0.2, 0.25) is 11.8 Å². The Labute approximate surface area is 316 Å². The van der Waals surface area contributed by atoms with Crippen LogP contribution in [0.4, 0.5) is 34.1 Å². The average Bonchev–Trinajstić information content (AvgIpc) is 3.93. The summed E-state index contributed by atoms with van der Waals surface area (Å²) in [7, 11) is 0. The quantitative estimate of drug-likeness (QED) is 0.0402. The molecule has 0 unspecified atom stereocenters. The van der Waals surface area contributed by atoms with Gasteiger partial charge in [0.1, 0.15) is 11.5 Å². The Bertz CT molecular complexity index is 1980. The fraction of sp³-hybridized carbons (Fsp3) is 0.179. The number of rotatable bonds is 18. The molecule has 0 bridgehead atoms. The van der Waals surface area contributed by atoms with Gasteiger partial charge in [-0.05, 0) is 97.1 Å². The second-order valence-corrected chi connectivity index (χ2v) is 12.3. The van der Waals surface area contributed by atoms with E-state index in [1.165, 1.54) is 0 Å². The van der Waals surface area contributed by atoms with E-state index in [-0.39, 0.29) is 11.8 Å². The second kappa shape index (κ2) is 19.2. The molecule has 0 aliphatic carbocycles. The van der Waals surface area contributed by atoms with Crippen molar-refractivity contribution in [2.45, 2.75) is 31.3 Å². The van der Waals surface area contributed by atoms with Gasteiger partial charge in [-0.2, -0.15) is 20.5 Å². The molecule has 6 rings (SSSR count). The van der Waals surface area contributed by atoms with Gasteiger partial charge < -0.3 is 41.5 Å². The number of benzene rings is 4. The van der Waals surface area contributed by atoms with Gasteiger partial charge in [0.05, 0.1) is 60.7 Å². The first-order valence-electron chi connectivity index (χ1n) is 17.4. The number of ether oxygens (including phenoxy) is 2. The summed E-state index contributed by atoms with van der Waals surface area (Å²) in [5.74, 6) is 0.843. The number of imidazole rings is 2. The molecule has 2 atom stereocenters. The number of amides is 2. The Kier molecular flexibility index (Phi) is 13.1. The number of nitrogens with two attached hydrogens (primary N) is 2. The van der Waals surface area contributed by atoms with Gasteiger partial charge in [0.25, 0.3) is 0 Å². The normalized spacial score (nSPS) is 12.4. The van der Waals surface area contributed by atoms with Crippen LogP contribution in [0.15, 0.2) is 143 Å². The predicted molar refractivity (Wildman–Crippen MR) is 208 cm³/mol. The molecule has 16 nitrogen and oxygen atoms in total. The highest BCUT2D eigenvalue weighted by Gasteiger charge is 2.16. The molecule has 0 fully saturated rings. The first-order valence-corrected chi connectivity index (χ1v) is 17.4. The average molecular weight is 741 g/mol. The van der Waals surface area contributed by atoms with E-state index >= 15 is 0 Å². The Morgan fingerprint density at radius 1 is 0.564 bits per heavy atom. The molecule has 2 amide bonds. The number of aromatic nitrogens is 4. The van der Waals surface area contributed by atoms with Crippen molar-refractivity contribution in [3.8, 4) is 11.5 Å². The van der Waals surface area contributed by atoms with Crippen molar-refractivity contribution in [3.05, 3.63) is 133 Å². The molecule has 16 heteroatoms. The van der Waals surface area contributed by atoms with Crippen LogP contribution in [-0.4, -0.2) is 57.0 Å². The van der Waals surface area contributed by atoms with Crippen molar-refractivity contribution in [1.82, 2.24) is 19.9 Å². The second-order valence-electron chi connectivity index (χ2n) is 12.3. The van der Waals surface area contributed by atoms with Crippen LogP contribution < -0.4 is 31.6 Å². The maximum Gasteiger partial charge on any atom is 0.241 e. The maximum atomic E-state index is 12.4. The number of hydrogen-bond donors (Lipinski definition) is 6. The number of aromatic amines is 2. The van der Waals surface area contributed by atoms with Crippen LogP contribution >= 0.6 is 0 Å². The molecule has 0 radical (unpaired) electrons. The zero-order chi connectivity index (χ0) is 38.2. The monoisotopic (exact) mass is 740 g/mol. The van der Waals surface area contributed by atoms with Crippen molar-refractivity contribution in [1.29, 1.82) is 0 Å².